The van der Waals surface area contributed by atoms with Crippen molar-refractivity contribution in [3.05, 3.63) is 64.7 Å². The van der Waals surface area contributed by atoms with Crippen molar-refractivity contribution >= 4 is 17.4 Å². The number of nitrogens with one attached hydrogen (secondary N) is 1. The van der Waals surface area contributed by atoms with Gasteiger partial charge in [-0.25, -0.2) is 9.97 Å². The molecular formula is C19H20ClN5O. The van der Waals surface area contributed by atoms with E-state index in [1.54, 1.807) is 6.07 Å². The summed E-state index contributed by atoms with van der Waals surface area (Å²) in [5, 5.41) is 8.03. The smallest absolute Gasteiger partial charge is 0.226 e. The van der Waals surface area contributed by atoms with Crippen LogP contribution in [0.2, 0.25) is 5.15 Å². The van der Waals surface area contributed by atoms with Crippen LogP contribution >= 0.6 is 11.6 Å². The van der Waals surface area contributed by atoms with Crippen LogP contribution in [-0.4, -0.2) is 20.1 Å². The molecule has 0 amide bonds. The largest absolute Gasteiger partial charge is 0.356 e. The van der Waals surface area contributed by atoms with E-state index in [-0.39, 0.29) is 6.04 Å². The van der Waals surface area contributed by atoms with Crippen LogP contribution in [0.15, 0.2) is 40.9 Å². The predicted molar refractivity (Wildman–Crippen MR) is 99.2 cm³/mol. The monoisotopic (exact) mass is 369 g/mol. The Bertz CT molecular complexity index is 879. The van der Waals surface area contributed by atoms with E-state index in [0.717, 1.165) is 37.1 Å². The molecule has 4 rings (SSSR count). The van der Waals surface area contributed by atoms with Gasteiger partial charge in [-0.2, -0.15) is 4.98 Å². The van der Waals surface area contributed by atoms with E-state index in [2.05, 4.69) is 32.3 Å². The fraction of sp³-hybridized carbons (Fsp3) is 0.368. The molecular weight excluding hydrogens is 350 g/mol. The van der Waals surface area contributed by atoms with Gasteiger partial charge in [0.25, 0.3) is 0 Å². The van der Waals surface area contributed by atoms with Crippen LogP contribution in [0.4, 0.5) is 5.82 Å². The molecule has 1 aliphatic rings. The van der Waals surface area contributed by atoms with Crippen LogP contribution in [0.25, 0.3) is 0 Å². The fourth-order valence-electron chi connectivity index (χ4n) is 2.82. The molecule has 7 heteroatoms. The molecule has 1 fully saturated rings. The average Bonchev–Trinajstić information content (AvgIpc) is 3.40. The second-order valence-corrected chi connectivity index (χ2v) is 6.88. The number of aromatic nitrogens is 4. The van der Waals surface area contributed by atoms with Crippen molar-refractivity contribution in [2.75, 3.05) is 5.32 Å². The molecule has 1 N–H and O–H groups in total. The van der Waals surface area contributed by atoms with Gasteiger partial charge in [-0.15, -0.1) is 0 Å². The molecule has 134 valence electrons. The van der Waals surface area contributed by atoms with Gasteiger partial charge in [-0.3, -0.25) is 0 Å². The summed E-state index contributed by atoms with van der Waals surface area (Å²) in [4.78, 5) is 13.5. The van der Waals surface area contributed by atoms with Crippen LogP contribution in [0, 0.1) is 0 Å². The van der Waals surface area contributed by atoms with E-state index in [4.69, 9.17) is 16.1 Å². The minimum Gasteiger partial charge on any atom is -0.356 e. The second-order valence-electron chi connectivity index (χ2n) is 6.49. The van der Waals surface area contributed by atoms with Crippen LogP contribution in [0.3, 0.4) is 0 Å². The highest BCUT2D eigenvalue weighted by atomic mass is 35.5. The van der Waals surface area contributed by atoms with Gasteiger partial charge in [0, 0.05) is 18.4 Å². The van der Waals surface area contributed by atoms with E-state index < -0.39 is 0 Å². The van der Waals surface area contributed by atoms with E-state index in [0.29, 0.717) is 28.6 Å². The molecule has 26 heavy (non-hydrogen) atoms. The maximum absolute atomic E-state index is 6.20. The number of rotatable bonds is 7. The lowest BCUT2D eigenvalue weighted by Gasteiger charge is -2.17. The standard InChI is InChI=1S/C19H20ClN5O/c1-2-6-16-24-19(25-26-16)17(12-7-4-3-5-8-12)22-15-11-14(20)21-18(23-15)13-9-10-13/h3-5,7-8,11,13,17H,2,6,9-10H2,1H3,(H,21,22,23). The number of nitrogens with zero attached hydrogens (tertiary/aromatic N) is 4. The zero-order valence-electron chi connectivity index (χ0n) is 14.5. The molecule has 1 atom stereocenters. The van der Waals surface area contributed by atoms with Crippen LogP contribution in [0.5, 0.6) is 0 Å². The second kappa shape index (κ2) is 7.41. The van der Waals surface area contributed by atoms with Gasteiger partial charge in [-0.1, -0.05) is 54.0 Å². The molecule has 1 unspecified atom stereocenters. The summed E-state index contributed by atoms with van der Waals surface area (Å²) in [6, 6.07) is 11.5. The van der Waals surface area contributed by atoms with Crippen molar-refractivity contribution < 1.29 is 4.52 Å². The minimum absolute atomic E-state index is 0.274. The highest BCUT2D eigenvalue weighted by Gasteiger charge is 2.28. The van der Waals surface area contributed by atoms with Crippen LogP contribution in [0.1, 0.15) is 61.2 Å². The Morgan fingerprint density at radius 2 is 2.00 bits per heavy atom. The summed E-state index contributed by atoms with van der Waals surface area (Å²) in [7, 11) is 0. The number of halogens is 1. The quantitative estimate of drug-likeness (QED) is 0.616. The van der Waals surface area contributed by atoms with Crippen molar-refractivity contribution in [1.82, 2.24) is 20.1 Å². The fourth-order valence-corrected chi connectivity index (χ4v) is 3.01. The lowest BCUT2D eigenvalue weighted by Crippen LogP contribution is -2.15. The topological polar surface area (TPSA) is 76.7 Å². The predicted octanol–water partition coefficient (Wildman–Crippen LogP) is 4.54. The normalized spacial score (nSPS) is 15.0. The van der Waals surface area contributed by atoms with Gasteiger partial charge < -0.3 is 9.84 Å². The molecule has 1 saturated carbocycles. The SMILES string of the molecule is CCCc1nc(C(Nc2cc(Cl)nc(C3CC3)n2)c2ccccc2)no1. The molecule has 0 spiro atoms. The molecule has 1 aliphatic carbocycles. The van der Waals surface area contributed by atoms with Gasteiger partial charge in [-0.05, 0) is 24.8 Å². The van der Waals surface area contributed by atoms with Gasteiger partial charge in [0.1, 0.15) is 22.8 Å². The number of benzene rings is 1. The number of anilines is 1. The summed E-state index contributed by atoms with van der Waals surface area (Å²) in [6.45, 7) is 2.08. The third kappa shape index (κ3) is 3.85. The van der Waals surface area contributed by atoms with Crippen molar-refractivity contribution in [3.8, 4) is 0 Å². The molecule has 0 bridgehead atoms. The average molecular weight is 370 g/mol. The highest BCUT2D eigenvalue weighted by molar-refractivity contribution is 6.29. The van der Waals surface area contributed by atoms with Crippen molar-refractivity contribution in [2.24, 2.45) is 0 Å². The maximum atomic E-state index is 6.20. The van der Waals surface area contributed by atoms with Crippen molar-refractivity contribution in [3.63, 3.8) is 0 Å². The van der Waals surface area contributed by atoms with Crippen LogP contribution < -0.4 is 5.32 Å². The van der Waals surface area contributed by atoms with E-state index in [9.17, 15) is 0 Å². The van der Waals surface area contributed by atoms with E-state index in [1.807, 2.05) is 30.3 Å². The maximum Gasteiger partial charge on any atom is 0.226 e. The van der Waals surface area contributed by atoms with E-state index in [1.165, 1.54) is 0 Å². The van der Waals surface area contributed by atoms with Gasteiger partial charge in [0.05, 0.1) is 0 Å². The first-order valence-electron chi connectivity index (χ1n) is 8.91. The highest BCUT2D eigenvalue weighted by Crippen LogP contribution is 2.39. The Labute approximate surface area is 157 Å². The molecule has 0 saturated heterocycles. The molecule has 2 heterocycles. The summed E-state index contributed by atoms with van der Waals surface area (Å²) >= 11 is 6.20. The van der Waals surface area contributed by atoms with Gasteiger partial charge in [0.15, 0.2) is 5.82 Å². The molecule has 1 aromatic carbocycles. The zero-order chi connectivity index (χ0) is 17.9. The van der Waals surface area contributed by atoms with E-state index >= 15 is 0 Å². The first kappa shape index (κ1) is 17.0. The Balaban J connectivity index is 1.67. The molecule has 6 nitrogen and oxygen atoms in total. The summed E-state index contributed by atoms with van der Waals surface area (Å²) in [5.74, 6) is 3.12. The zero-order valence-corrected chi connectivity index (χ0v) is 15.3. The Hall–Kier alpha value is -2.47. The molecule has 0 radical (unpaired) electrons. The van der Waals surface area contributed by atoms with Crippen molar-refractivity contribution in [1.29, 1.82) is 0 Å². The summed E-state index contributed by atoms with van der Waals surface area (Å²) in [5.41, 5.74) is 1.03. The molecule has 0 aliphatic heterocycles. The Morgan fingerprint density at radius 1 is 1.19 bits per heavy atom. The van der Waals surface area contributed by atoms with Gasteiger partial charge in [0.2, 0.25) is 5.89 Å². The lowest BCUT2D eigenvalue weighted by molar-refractivity contribution is 0.371. The first-order chi connectivity index (χ1) is 12.7. The van der Waals surface area contributed by atoms with Gasteiger partial charge >= 0.3 is 0 Å². The minimum atomic E-state index is -0.274. The van der Waals surface area contributed by atoms with Crippen LogP contribution in [-0.2, 0) is 6.42 Å². The number of hydrogen-bond acceptors (Lipinski definition) is 6. The third-order valence-corrected chi connectivity index (χ3v) is 4.48. The molecule has 2 aromatic heterocycles. The summed E-state index contributed by atoms with van der Waals surface area (Å²) in [6.07, 6.45) is 3.96. The number of aryl methyl sites for hydroxylation is 1. The molecule has 3 aromatic rings. The summed E-state index contributed by atoms with van der Waals surface area (Å²) < 4.78 is 5.38. The van der Waals surface area contributed by atoms with Crippen molar-refractivity contribution in [2.45, 2.75) is 44.6 Å². The Morgan fingerprint density at radius 3 is 2.73 bits per heavy atom. The third-order valence-electron chi connectivity index (χ3n) is 4.29. The number of hydrogen-bond donors (Lipinski definition) is 1. The first-order valence-corrected chi connectivity index (χ1v) is 9.29. The lowest BCUT2D eigenvalue weighted by atomic mass is 10.1. The Kier molecular flexibility index (Phi) is 4.84.